The van der Waals surface area contributed by atoms with Gasteiger partial charge in [-0.15, -0.1) is 0 Å². The Balaban J connectivity index is 2.05. The van der Waals surface area contributed by atoms with E-state index in [0.29, 0.717) is 0 Å². The number of hydrogen-bond donors (Lipinski definition) is 1. The summed E-state index contributed by atoms with van der Waals surface area (Å²) >= 11 is 0. The lowest BCUT2D eigenvalue weighted by atomic mass is 9.87. The van der Waals surface area contributed by atoms with Gasteiger partial charge in [0.2, 0.25) is 0 Å². The molecule has 112 valence electrons. The summed E-state index contributed by atoms with van der Waals surface area (Å²) in [4.78, 5) is 0. The Hall–Kier alpha value is -2.04. The van der Waals surface area contributed by atoms with Gasteiger partial charge in [-0.25, -0.2) is 0 Å². The normalized spacial score (nSPS) is 17.3. The smallest absolute Gasteiger partial charge is 0.0591 e. The molecule has 0 bridgehead atoms. The van der Waals surface area contributed by atoms with Gasteiger partial charge in [-0.1, -0.05) is 54.3 Å². The highest BCUT2D eigenvalue weighted by atomic mass is 14.9. The number of benzene rings is 2. The minimum Gasteiger partial charge on any atom is -0.306 e. The quantitative estimate of drug-likeness (QED) is 0.771. The predicted octanol–water partition coefficient (Wildman–Crippen LogP) is 4.32. The third-order valence-electron chi connectivity index (χ3n) is 3.95. The summed E-state index contributed by atoms with van der Waals surface area (Å²) < 4.78 is 0. The summed E-state index contributed by atoms with van der Waals surface area (Å²) in [6.07, 6.45) is 1.10. The lowest BCUT2D eigenvalue weighted by Crippen LogP contribution is -2.31. The van der Waals surface area contributed by atoms with Crippen molar-refractivity contribution in [2.75, 3.05) is 6.54 Å². The molecule has 1 nitrogen and oxygen atoms in total. The van der Waals surface area contributed by atoms with Crippen LogP contribution in [0, 0.1) is 17.3 Å². The third-order valence-corrected chi connectivity index (χ3v) is 3.95. The average molecular weight is 289 g/mol. The van der Waals surface area contributed by atoms with E-state index in [0.717, 1.165) is 18.5 Å². The van der Waals surface area contributed by atoms with E-state index in [2.05, 4.69) is 86.5 Å². The summed E-state index contributed by atoms with van der Waals surface area (Å²) in [5.74, 6) is 6.76. The van der Waals surface area contributed by atoms with Crippen molar-refractivity contribution in [3.05, 3.63) is 70.8 Å². The Morgan fingerprint density at radius 3 is 2.41 bits per heavy atom. The zero-order valence-corrected chi connectivity index (χ0v) is 13.6. The third kappa shape index (κ3) is 3.24. The molecule has 1 N–H and O–H groups in total. The van der Waals surface area contributed by atoms with Crippen molar-refractivity contribution < 1.29 is 0 Å². The van der Waals surface area contributed by atoms with E-state index < -0.39 is 0 Å². The molecule has 0 saturated carbocycles. The van der Waals surface area contributed by atoms with E-state index in [9.17, 15) is 0 Å². The Labute approximate surface area is 133 Å². The largest absolute Gasteiger partial charge is 0.306 e. The second-order valence-corrected chi connectivity index (χ2v) is 6.92. The van der Waals surface area contributed by atoms with Gasteiger partial charge >= 0.3 is 0 Å². The molecule has 22 heavy (non-hydrogen) atoms. The van der Waals surface area contributed by atoms with Crippen LogP contribution in [0.15, 0.2) is 48.5 Å². The van der Waals surface area contributed by atoms with E-state index >= 15 is 0 Å². The van der Waals surface area contributed by atoms with Gasteiger partial charge in [0.15, 0.2) is 0 Å². The topological polar surface area (TPSA) is 12.0 Å². The van der Waals surface area contributed by atoms with Crippen LogP contribution in [0.2, 0.25) is 0 Å². The first-order valence-corrected chi connectivity index (χ1v) is 7.98. The maximum absolute atomic E-state index is 3.66. The van der Waals surface area contributed by atoms with Crippen molar-refractivity contribution in [3.8, 4) is 11.8 Å². The van der Waals surface area contributed by atoms with Gasteiger partial charge < -0.3 is 5.32 Å². The fraction of sp³-hybridized carbons (Fsp3) is 0.333. The van der Waals surface area contributed by atoms with E-state index in [1.54, 1.807) is 0 Å². The average Bonchev–Trinajstić information content (AvgIpc) is 2.52. The molecule has 2 aromatic carbocycles. The molecule has 0 aromatic heterocycles. The molecule has 1 heterocycles. The summed E-state index contributed by atoms with van der Waals surface area (Å²) in [6.45, 7) is 7.47. The SMILES string of the molecule is CC(C)(C)C#Cc1ccccc1C1NCCc2ccccc21. The monoisotopic (exact) mass is 289 g/mol. The second kappa shape index (κ2) is 5.99. The van der Waals surface area contributed by atoms with E-state index in [1.165, 1.54) is 16.7 Å². The molecule has 1 unspecified atom stereocenters. The van der Waals surface area contributed by atoms with Gasteiger partial charge in [0.1, 0.15) is 0 Å². The van der Waals surface area contributed by atoms with Gasteiger partial charge in [0.05, 0.1) is 6.04 Å². The van der Waals surface area contributed by atoms with Gasteiger partial charge in [-0.05, 0) is 49.9 Å². The maximum Gasteiger partial charge on any atom is 0.0591 e. The first-order chi connectivity index (χ1) is 10.5. The fourth-order valence-electron chi connectivity index (χ4n) is 2.90. The molecule has 3 rings (SSSR count). The molecule has 0 fully saturated rings. The van der Waals surface area contributed by atoms with Crippen molar-refractivity contribution >= 4 is 0 Å². The molecule has 0 radical (unpaired) electrons. The standard InChI is InChI=1S/C21H23N/c1-21(2,3)14-12-16-8-4-6-10-18(16)20-19-11-7-5-9-17(19)13-15-22-20/h4-11,20,22H,13,15H2,1-3H3. The maximum atomic E-state index is 3.66. The van der Waals surface area contributed by atoms with Crippen molar-refractivity contribution in [1.29, 1.82) is 0 Å². The Morgan fingerprint density at radius 2 is 1.64 bits per heavy atom. The van der Waals surface area contributed by atoms with Crippen LogP contribution in [0.1, 0.15) is 49.1 Å². The Bertz CT molecular complexity index is 725. The van der Waals surface area contributed by atoms with Crippen LogP contribution >= 0.6 is 0 Å². The second-order valence-electron chi connectivity index (χ2n) is 6.92. The zero-order chi connectivity index (χ0) is 15.6. The summed E-state index contributed by atoms with van der Waals surface area (Å²) in [7, 11) is 0. The Kier molecular flexibility index (Phi) is 4.05. The zero-order valence-electron chi connectivity index (χ0n) is 13.6. The number of hydrogen-bond acceptors (Lipinski definition) is 1. The van der Waals surface area contributed by atoms with E-state index in [-0.39, 0.29) is 11.5 Å². The van der Waals surface area contributed by atoms with Crippen LogP contribution in [-0.2, 0) is 6.42 Å². The van der Waals surface area contributed by atoms with Gasteiger partial charge in [-0.2, -0.15) is 0 Å². The minimum atomic E-state index is 0.0189. The molecule has 2 aromatic rings. The molecular formula is C21H23N. The number of fused-ring (bicyclic) bond motifs is 1. The summed E-state index contributed by atoms with van der Waals surface area (Å²) in [6, 6.07) is 17.5. The van der Waals surface area contributed by atoms with E-state index in [1.807, 2.05) is 0 Å². The van der Waals surface area contributed by atoms with Crippen LogP contribution in [0.3, 0.4) is 0 Å². The highest BCUT2D eigenvalue weighted by molar-refractivity contribution is 5.49. The molecule has 0 spiro atoms. The molecule has 0 aliphatic carbocycles. The molecular weight excluding hydrogens is 266 g/mol. The highest BCUT2D eigenvalue weighted by Crippen LogP contribution is 2.30. The van der Waals surface area contributed by atoms with Crippen LogP contribution in [0.4, 0.5) is 0 Å². The lowest BCUT2D eigenvalue weighted by Gasteiger charge is -2.28. The van der Waals surface area contributed by atoms with Crippen LogP contribution < -0.4 is 5.32 Å². The first kappa shape index (κ1) is 14.9. The van der Waals surface area contributed by atoms with E-state index in [4.69, 9.17) is 0 Å². The van der Waals surface area contributed by atoms with Crippen molar-refractivity contribution in [2.24, 2.45) is 5.41 Å². The molecule has 1 aliphatic rings. The molecule has 0 saturated heterocycles. The van der Waals surface area contributed by atoms with Crippen LogP contribution in [0.5, 0.6) is 0 Å². The van der Waals surface area contributed by atoms with Crippen molar-refractivity contribution in [1.82, 2.24) is 5.32 Å². The lowest BCUT2D eigenvalue weighted by molar-refractivity contribution is 0.565. The number of nitrogens with one attached hydrogen (secondary N) is 1. The minimum absolute atomic E-state index is 0.0189. The fourth-order valence-corrected chi connectivity index (χ4v) is 2.90. The van der Waals surface area contributed by atoms with Gasteiger partial charge in [-0.3, -0.25) is 0 Å². The molecule has 1 heteroatoms. The first-order valence-electron chi connectivity index (χ1n) is 7.98. The van der Waals surface area contributed by atoms with Crippen LogP contribution in [-0.4, -0.2) is 6.54 Å². The highest BCUT2D eigenvalue weighted by Gasteiger charge is 2.22. The van der Waals surface area contributed by atoms with Gasteiger partial charge in [0.25, 0.3) is 0 Å². The van der Waals surface area contributed by atoms with Crippen molar-refractivity contribution in [2.45, 2.75) is 33.2 Å². The molecule has 1 atom stereocenters. The van der Waals surface area contributed by atoms with Gasteiger partial charge in [0, 0.05) is 17.5 Å². The Morgan fingerprint density at radius 1 is 0.955 bits per heavy atom. The molecule has 0 amide bonds. The van der Waals surface area contributed by atoms with Crippen molar-refractivity contribution in [3.63, 3.8) is 0 Å². The summed E-state index contributed by atoms with van der Waals surface area (Å²) in [5, 5.41) is 3.66. The number of rotatable bonds is 1. The molecule has 1 aliphatic heterocycles. The van der Waals surface area contributed by atoms with Crippen LogP contribution in [0.25, 0.3) is 0 Å². The summed E-state index contributed by atoms with van der Waals surface area (Å²) in [5.41, 5.74) is 5.27. The predicted molar refractivity (Wildman–Crippen MR) is 92.8 cm³/mol.